The van der Waals surface area contributed by atoms with Crippen molar-refractivity contribution in [2.24, 2.45) is 0 Å². The topological polar surface area (TPSA) is 126 Å². The molecule has 2 aromatic rings. The number of nitrogens with zero attached hydrogens (tertiary/aromatic N) is 5. The predicted molar refractivity (Wildman–Crippen MR) is 121 cm³/mol. The summed E-state index contributed by atoms with van der Waals surface area (Å²) >= 11 is 0. The van der Waals surface area contributed by atoms with Crippen molar-refractivity contribution in [3.8, 4) is 5.75 Å². The van der Waals surface area contributed by atoms with Crippen molar-refractivity contribution in [2.75, 3.05) is 60.4 Å². The molecular formula is C21H32N5O5Ru+2. The third-order valence-corrected chi connectivity index (χ3v) is 4.13. The van der Waals surface area contributed by atoms with Crippen molar-refractivity contribution in [1.82, 2.24) is 19.7 Å². The molecule has 0 saturated carbocycles. The molecule has 0 unspecified atom stereocenters. The maximum Gasteiger partial charge on any atom is 3.00 e. The van der Waals surface area contributed by atoms with E-state index in [1.807, 2.05) is 18.2 Å². The maximum atomic E-state index is 10.6. The Labute approximate surface area is 202 Å². The fourth-order valence-electron chi connectivity index (χ4n) is 2.19. The first-order chi connectivity index (χ1) is 14.7. The Balaban J connectivity index is 0. The van der Waals surface area contributed by atoms with Gasteiger partial charge in [0.15, 0.2) is 5.75 Å². The average molecular weight is 536 g/mol. The molecule has 1 N–H and O–H groups in total. The van der Waals surface area contributed by atoms with Gasteiger partial charge in [-0.15, -0.1) is 0 Å². The second kappa shape index (κ2) is 20.4. The van der Waals surface area contributed by atoms with E-state index in [9.17, 15) is 4.79 Å². The Morgan fingerprint density at radius 1 is 0.781 bits per heavy atom. The summed E-state index contributed by atoms with van der Waals surface area (Å²) in [5.41, 5.74) is -0.347. The molecular weight excluding hydrogens is 503 g/mol. The second-order valence-corrected chi connectivity index (χ2v) is 6.82. The number of hydrogen-bond acceptors (Lipinski definition) is 9. The third-order valence-electron chi connectivity index (χ3n) is 4.13. The van der Waals surface area contributed by atoms with E-state index in [0.29, 0.717) is 0 Å². The summed E-state index contributed by atoms with van der Waals surface area (Å²) in [7, 11) is 6.60. The molecule has 0 amide bonds. The number of aromatic hydroxyl groups is 1. The van der Waals surface area contributed by atoms with Crippen LogP contribution in [0.4, 0.5) is 0 Å². The molecule has 11 heteroatoms. The van der Waals surface area contributed by atoms with Crippen molar-refractivity contribution in [1.29, 1.82) is 0 Å². The van der Waals surface area contributed by atoms with Crippen LogP contribution in [0.1, 0.15) is 0 Å². The zero-order valence-corrected chi connectivity index (χ0v) is 20.4. The van der Waals surface area contributed by atoms with Gasteiger partial charge in [0, 0.05) is 51.7 Å². The van der Waals surface area contributed by atoms with Gasteiger partial charge in [0.25, 0.3) is 0 Å². The van der Waals surface area contributed by atoms with Gasteiger partial charge in [0.2, 0.25) is 5.43 Å². The van der Waals surface area contributed by atoms with E-state index in [4.69, 9.17) is 20.4 Å². The molecule has 32 heavy (non-hydrogen) atoms. The first-order valence-electron chi connectivity index (χ1n) is 9.72. The van der Waals surface area contributed by atoms with Crippen LogP contribution >= 0.6 is 0 Å². The van der Waals surface area contributed by atoms with E-state index in [-0.39, 0.29) is 30.7 Å². The van der Waals surface area contributed by atoms with E-state index in [2.05, 4.69) is 40.8 Å². The summed E-state index contributed by atoms with van der Waals surface area (Å²) < 4.78 is 0. The predicted octanol–water partition coefficient (Wildman–Crippen LogP) is 1.39. The monoisotopic (exact) mass is 536 g/mol. The number of hydrogen-bond donors (Lipinski definition) is 1. The largest absolute Gasteiger partial charge is 3.00 e. The van der Waals surface area contributed by atoms with Crippen LogP contribution in [0.3, 0.4) is 0 Å². The summed E-state index contributed by atoms with van der Waals surface area (Å²) in [6, 6.07) is 13.3. The summed E-state index contributed by atoms with van der Waals surface area (Å²) in [6.45, 7) is 7.19. The van der Waals surface area contributed by atoms with Crippen molar-refractivity contribution >= 4 is 0 Å². The van der Waals surface area contributed by atoms with E-state index in [0.717, 1.165) is 0 Å². The van der Waals surface area contributed by atoms with E-state index < -0.39 is 5.09 Å². The Kier molecular flexibility index (Phi) is 20.3. The smallest absolute Gasteiger partial charge is 0.504 e. The second-order valence-electron chi connectivity index (χ2n) is 6.82. The van der Waals surface area contributed by atoms with Gasteiger partial charge >= 0.3 is 19.5 Å². The Hall–Kier alpha value is -2.46. The van der Waals surface area contributed by atoms with Crippen LogP contribution in [0, 0.1) is 15.3 Å². The van der Waals surface area contributed by atoms with Crippen LogP contribution in [0.2, 0.25) is 0 Å². The number of likely N-dealkylation sites (N-methyl/N-ethyl adjacent to an activating group) is 3. The molecule has 0 aliphatic carbocycles. The van der Waals surface area contributed by atoms with Gasteiger partial charge in [-0.05, 0) is 45.4 Å². The zero-order valence-electron chi connectivity index (χ0n) is 18.7. The van der Waals surface area contributed by atoms with Crippen molar-refractivity contribution in [3.05, 3.63) is 86.5 Å². The minimum absolute atomic E-state index is 0. The molecule has 2 heterocycles. The van der Waals surface area contributed by atoms with Crippen molar-refractivity contribution in [2.45, 2.75) is 0 Å². The van der Waals surface area contributed by atoms with Crippen molar-refractivity contribution in [3.63, 3.8) is 0 Å². The molecule has 1 aromatic heterocycles. The van der Waals surface area contributed by atoms with Gasteiger partial charge in [-0.25, -0.2) is 0 Å². The van der Waals surface area contributed by atoms with Crippen molar-refractivity contribution < 1.29 is 29.7 Å². The summed E-state index contributed by atoms with van der Waals surface area (Å²) in [5.74, 6) is -0.208. The average Bonchev–Trinajstić information content (AvgIpc) is 2.90. The molecule has 1 aromatic carbocycles. The van der Waals surface area contributed by atoms with E-state index >= 15 is 0 Å². The minimum atomic E-state index is -1.75. The molecule has 1 fully saturated rings. The molecule has 177 valence electrons. The van der Waals surface area contributed by atoms with Crippen LogP contribution in [0.15, 0.2) is 65.7 Å². The van der Waals surface area contributed by atoms with Crippen LogP contribution in [0.5, 0.6) is 5.75 Å². The Morgan fingerprint density at radius 2 is 1.12 bits per heavy atom. The number of rotatable bonds is 0. The maximum absolute atomic E-state index is 10.6. The molecule has 0 bridgehead atoms. The molecule has 1 aliphatic rings. The zero-order chi connectivity index (χ0) is 23.5. The molecule has 0 spiro atoms. The third kappa shape index (κ3) is 20.8. The number of aromatic nitrogens is 1. The molecule has 1 radical (unpaired) electrons. The van der Waals surface area contributed by atoms with Gasteiger partial charge in [-0.3, -0.25) is 9.78 Å². The fraction of sp³-hybridized carbons (Fsp3) is 0.429. The summed E-state index contributed by atoms with van der Waals surface area (Å²) in [5, 5.41) is 23.5. The fourth-order valence-corrected chi connectivity index (χ4v) is 2.19. The van der Waals surface area contributed by atoms with Crippen LogP contribution in [0.25, 0.3) is 0 Å². The van der Waals surface area contributed by atoms with Gasteiger partial charge in [0.1, 0.15) is 0 Å². The normalized spacial score (nSPS) is 14.6. The first-order valence-corrected chi connectivity index (χ1v) is 9.72. The molecule has 1 saturated heterocycles. The van der Waals surface area contributed by atoms with Crippen LogP contribution < -0.4 is 5.43 Å². The summed E-state index contributed by atoms with van der Waals surface area (Å²) in [4.78, 5) is 29.8. The van der Waals surface area contributed by atoms with Gasteiger partial charge < -0.3 is 35.1 Å². The molecule has 10 nitrogen and oxygen atoms in total. The van der Waals surface area contributed by atoms with E-state index in [1.165, 1.54) is 51.4 Å². The van der Waals surface area contributed by atoms with Crippen LogP contribution in [-0.4, -0.2) is 90.3 Å². The standard InChI is InChI=1S/C9H21N3.C7H6O2.C5H5N.NO3.Ru/c1-10-4-6-11(2)8-9-12(3)7-5-10;8-6-4-2-1-3-5-7(6)9;1-2-4-6-5-3-1;2-1(3)4;/h4-9H2,1-3H3;1-5H,(H,8,9);1-5H;;/q;;;-1;+3. The van der Waals surface area contributed by atoms with Gasteiger partial charge in [-0.1, -0.05) is 24.3 Å². The molecule has 3 rings (SSSR count). The van der Waals surface area contributed by atoms with E-state index in [1.54, 1.807) is 30.6 Å². The van der Waals surface area contributed by atoms with Gasteiger partial charge in [0.05, 0.1) is 5.09 Å². The summed E-state index contributed by atoms with van der Waals surface area (Å²) in [6.07, 6.45) is 3.50. The quantitative estimate of drug-likeness (QED) is 0.303. The minimum Gasteiger partial charge on any atom is -0.504 e. The van der Waals surface area contributed by atoms with Crippen LogP contribution in [-0.2, 0) is 19.5 Å². The Bertz CT molecular complexity index is 706. The number of pyridine rings is 1. The first kappa shape index (κ1) is 31.7. The molecule has 1 aliphatic heterocycles. The van der Waals surface area contributed by atoms with Gasteiger partial charge in [-0.2, -0.15) is 0 Å². The SMILES string of the molecule is CN1CCN(C)CCN(C)CC1.O=[N+]([O-])[O-].O=c1cccccc1O.[Ru+3].c1ccncc1. The molecule has 0 atom stereocenters. The Morgan fingerprint density at radius 3 is 1.44 bits per heavy atom.